The van der Waals surface area contributed by atoms with Crippen LogP contribution in [0.4, 0.5) is 0 Å². The molecule has 0 amide bonds. The lowest BCUT2D eigenvalue weighted by molar-refractivity contribution is 0.317. The molecule has 0 bridgehead atoms. The van der Waals surface area contributed by atoms with E-state index in [1.807, 2.05) is 0 Å². The second kappa shape index (κ2) is 4.21. The molecule has 0 spiro atoms. The van der Waals surface area contributed by atoms with Crippen molar-refractivity contribution in [2.45, 2.75) is 45.1 Å². The molecule has 1 aliphatic heterocycles. The van der Waals surface area contributed by atoms with Gasteiger partial charge in [0, 0.05) is 6.04 Å². The Balaban J connectivity index is 2.19. The number of hydrogen-bond donors (Lipinski definition) is 0. The Labute approximate surface area is 99.5 Å². The number of likely N-dealkylation sites (tertiary alicyclic amines) is 1. The van der Waals surface area contributed by atoms with Crippen molar-refractivity contribution in [1.29, 1.82) is 0 Å². The van der Waals surface area contributed by atoms with Gasteiger partial charge in [-0.25, -0.2) is 0 Å². The minimum absolute atomic E-state index is 0.264. The fourth-order valence-electron chi connectivity index (χ4n) is 2.54. The van der Waals surface area contributed by atoms with Crippen LogP contribution in [0, 0.1) is 0 Å². The maximum absolute atomic E-state index is 2.46. The van der Waals surface area contributed by atoms with Crippen molar-refractivity contribution in [2.24, 2.45) is 0 Å². The number of hydrogen-bond acceptors (Lipinski definition) is 1. The van der Waals surface area contributed by atoms with Gasteiger partial charge in [0.25, 0.3) is 0 Å². The van der Waals surface area contributed by atoms with Gasteiger partial charge in [-0.2, -0.15) is 0 Å². The highest BCUT2D eigenvalue weighted by Gasteiger charge is 2.22. The van der Waals surface area contributed by atoms with Crippen LogP contribution in [0.15, 0.2) is 24.3 Å². The third-order valence-corrected chi connectivity index (χ3v) is 3.68. The monoisotopic (exact) mass is 217 g/mol. The van der Waals surface area contributed by atoms with E-state index in [4.69, 9.17) is 0 Å². The second-order valence-corrected chi connectivity index (χ2v) is 6.01. The summed E-state index contributed by atoms with van der Waals surface area (Å²) in [5.74, 6) is 0. The van der Waals surface area contributed by atoms with Gasteiger partial charge < -0.3 is 0 Å². The van der Waals surface area contributed by atoms with E-state index < -0.39 is 0 Å². The normalized spacial score (nSPS) is 22.6. The zero-order valence-corrected chi connectivity index (χ0v) is 11.0. The molecule has 1 saturated heterocycles. The Morgan fingerprint density at radius 1 is 1.12 bits per heavy atom. The Bertz CT molecular complexity index is 345. The van der Waals surface area contributed by atoms with Crippen molar-refractivity contribution < 1.29 is 0 Å². The number of rotatable bonds is 1. The molecule has 2 rings (SSSR count). The summed E-state index contributed by atoms with van der Waals surface area (Å²) in [4.78, 5) is 2.46. The second-order valence-electron chi connectivity index (χ2n) is 6.01. The van der Waals surface area contributed by atoms with Crippen LogP contribution in [0.5, 0.6) is 0 Å². The van der Waals surface area contributed by atoms with Crippen molar-refractivity contribution in [2.75, 3.05) is 13.6 Å². The summed E-state index contributed by atoms with van der Waals surface area (Å²) in [7, 11) is 2.23. The van der Waals surface area contributed by atoms with Crippen molar-refractivity contribution in [3.8, 4) is 0 Å². The van der Waals surface area contributed by atoms with E-state index in [1.54, 1.807) is 0 Å². The number of benzene rings is 1. The van der Waals surface area contributed by atoms with E-state index in [0.29, 0.717) is 6.04 Å². The molecule has 16 heavy (non-hydrogen) atoms. The van der Waals surface area contributed by atoms with E-state index in [0.717, 1.165) is 0 Å². The van der Waals surface area contributed by atoms with E-state index in [1.165, 1.54) is 30.5 Å². The first-order valence-electron chi connectivity index (χ1n) is 6.29. The van der Waals surface area contributed by atoms with Gasteiger partial charge in [0.05, 0.1) is 0 Å². The molecule has 1 heteroatoms. The van der Waals surface area contributed by atoms with Crippen molar-refractivity contribution in [3.63, 3.8) is 0 Å². The topological polar surface area (TPSA) is 3.24 Å². The summed E-state index contributed by atoms with van der Waals surface area (Å²) >= 11 is 0. The summed E-state index contributed by atoms with van der Waals surface area (Å²) in [6, 6.07) is 9.86. The summed E-state index contributed by atoms with van der Waals surface area (Å²) in [6.45, 7) is 8.04. The fraction of sp³-hybridized carbons (Fsp3) is 0.600. The van der Waals surface area contributed by atoms with Gasteiger partial charge in [0.1, 0.15) is 0 Å². The standard InChI is InChI=1S/C15H23N/c1-15(2,3)13-9-7-12(8-10-13)14-6-5-11-16(14)4/h7-10,14H,5-6,11H2,1-4H3. The Morgan fingerprint density at radius 3 is 2.19 bits per heavy atom. The molecule has 0 aromatic heterocycles. The molecule has 1 aromatic carbocycles. The average molecular weight is 217 g/mol. The Hall–Kier alpha value is -0.820. The molecule has 1 heterocycles. The zero-order valence-electron chi connectivity index (χ0n) is 11.0. The molecule has 88 valence electrons. The van der Waals surface area contributed by atoms with Gasteiger partial charge >= 0.3 is 0 Å². The zero-order chi connectivity index (χ0) is 11.8. The lowest BCUT2D eigenvalue weighted by Crippen LogP contribution is -2.18. The molecule has 1 atom stereocenters. The van der Waals surface area contributed by atoms with Crippen LogP contribution in [-0.4, -0.2) is 18.5 Å². The SMILES string of the molecule is CN1CCCC1c1ccc(C(C)(C)C)cc1. The minimum Gasteiger partial charge on any atom is -0.299 e. The first-order valence-corrected chi connectivity index (χ1v) is 6.29. The summed E-state index contributed by atoms with van der Waals surface area (Å²) in [5, 5.41) is 0. The summed E-state index contributed by atoms with van der Waals surface area (Å²) in [6.07, 6.45) is 2.65. The molecule has 1 unspecified atom stereocenters. The van der Waals surface area contributed by atoms with Crippen molar-refractivity contribution >= 4 is 0 Å². The van der Waals surface area contributed by atoms with Crippen molar-refractivity contribution in [1.82, 2.24) is 4.90 Å². The predicted octanol–water partition coefficient (Wildman–Crippen LogP) is 3.75. The highest BCUT2D eigenvalue weighted by molar-refractivity contribution is 5.29. The lowest BCUT2D eigenvalue weighted by atomic mass is 9.86. The molecular formula is C15H23N. The summed E-state index contributed by atoms with van der Waals surface area (Å²) in [5.41, 5.74) is 3.17. The largest absolute Gasteiger partial charge is 0.299 e. The highest BCUT2D eigenvalue weighted by Crippen LogP contribution is 2.31. The molecule has 0 radical (unpaired) electrons. The van der Waals surface area contributed by atoms with Gasteiger partial charge in [-0.15, -0.1) is 0 Å². The Morgan fingerprint density at radius 2 is 1.75 bits per heavy atom. The van der Waals surface area contributed by atoms with E-state index in [9.17, 15) is 0 Å². The third kappa shape index (κ3) is 2.30. The molecule has 0 N–H and O–H groups in total. The molecule has 1 aromatic rings. The molecule has 1 aliphatic rings. The molecule has 0 aliphatic carbocycles. The third-order valence-electron chi connectivity index (χ3n) is 3.68. The molecule has 1 fully saturated rings. The predicted molar refractivity (Wildman–Crippen MR) is 69.7 cm³/mol. The van der Waals surface area contributed by atoms with Gasteiger partial charge in [-0.1, -0.05) is 45.0 Å². The lowest BCUT2D eigenvalue weighted by Gasteiger charge is -2.23. The van der Waals surface area contributed by atoms with Crippen LogP contribution in [0.3, 0.4) is 0 Å². The summed E-state index contributed by atoms with van der Waals surface area (Å²) < 4.78 is 0. The van der Waals surface area contributed by atoms with Crippen molar-refractivity contribution in [3.05, 3.63) is 35.4 Å². The van der Waals surface area contributed by atoms with Gasteiger partial charge in [-0.3, -0.25) is 4.90 Å². The molecular weight excluding hydrogens is 194 g/mol. The van der Waals surface area contributed by atoms with Gasteiger partial charge in [0.2, 0.25) is 0 Å². The van der Waals surface area contributed by atoms with Gasteiger partial charge in [-0.05, 0) is 43.0 Å². The smallest absolute Gasteiger partial charge is 0.0345 e. The van der Waals surface area contributed by atoms with Crippen LogP contribution >= 0.6 is 0 Å². The van der Waals surface area contributed by atoms with E-state index in [-0.39, 0.29) is 5.41 Å². The highest BCUT2D eigenvalue weighted by atomic mass is 15.1. The van der Waals surface area contributed by atoms with Crippen LogP contribution in [-0.2, 0) is 5.41 Å². The van der Waals surface area contributed by atoms with Crippen LogP contribution < -0.4 is 0 Å². The maximum Gasteiger partial charge on any atom is 0.0345 e. The fourth-order valence-corrected chi connectivity index (χ4v) is 2.54. The average Bonchev–Trinajstić information content (AvgIpc) is 2.63. The van der Waals surface area contributed by atoms with Crippen LogP contribution in [0.2, 0.25) is 0 Å². The maximum atomic E-state index is 2.46. The quantitative estimate of drug-likeness (QED) is 0.692. The first kappa shape index (κ1) is 11.7. The van der Waals surface area contributed by atoms with Crippen LogP contribution in [0.1, 0.15) is 50.8 Å². The minimum atomic E-state index is 0.264. The molecule has 1 nitrogen and oxygen atoms in total. The first-order chi connectivity index (χ1) is 7.48. The Kier molecular flexibility index (Phi) is 3.07. The van der Waals surface area contributed by atoms with Gasteiger partial charge in [0.15, 0.2) is 0 Å². The van der Waals surface area contributed by atoms with E-state index in [2.05, 4.69) is 57.0 Å². The van der Waals surface area contributed by atoms with Crippen LogP contribution in [0.25, 0.3) is 0 Å². The number of nitrogens with zero attached hydrogens (tertiary/aromatic N) is 1. The molecule has 0 saturated carbocycles. The van der Waals surface area contributed by atoms with E-state index >= 15 is 0 Å².